The van der Waals surface area contributed by atoms with Gasteiger partial charge in [0.2, 0.25) is 0 Å². The molecule has 2 aromatic heterocycles. The monoisotopic (exact) mass is 374 g/mol. The Balaban J connectivity index is 2.02. The molecule has 0 saturated carbocycles. The molecular formula is C22H16F2N2Si. The molecule has 0 saturated heterocycles. The van der Waals surface area contributed by atoms with Gasteiger partial charge in [-0.25, -0.2) is 0 Å². The van der Waals surface area contributed by atoms with Gasteiger partial charge in [-0.2, -0.15) is 0 Å². The molecule has 0 bridgehead atoms. The third kappa shape index (κ3) is 1.25. The Morgan fingerprint density at radius 1 is 0.519 bits per heavy atom. The summed E-state index contributed by atoms with van der Waals surface area (Å²) in [6.45, 7) is 0. The second-order valence-electron chi connectivity index (χ2n) is 7.46. The molecule has 1 spiro atoms. The Kier molecular flexibility index (Phi) is 2.24. The first-order valence-corrected chi connectivity index (χ1v) is 11.7. The second-order valence-corrected chi connectivity index (χ2v) is 12.4. The van der Waals surface area contributed by atoms with Crippen molar-refractivity contribution in [3.05, 3.63) is 97.3 Å². The van der Waals surface area contributed by atoms with Crippen molar-refractivity contribution in [2.24, 2.45) is 0 Å². The number of fused-ring (bicyclic) bond motifs is 10. The van der Waals surface area contributed by atoms with Crippen LogP contribution in [0, 0.1) is 0 Å². The maximum absolute atomic E-state index is 18.3. The van der Waals surface area contributed by atoms with Crippen LogP contribution in [0.5, 0.6) is 0 Å². The Morgan fingerprint density at radius 3 is 1.41 bits per heavy atom. The molecule has 132 valence electrons. The summed E-state index contributed by atoms with van der Waals surface area (Å²) in [5.41, 5.74) is 2.32. The van der Waals surface area contributed by atoms with E-state index in [0.29, 0.717) is 22.5 Å². The molecule has 2 nitrogen and oxygen atoms in total. The van der Waals surface area contributed by atoms with Crippen LogP contribution in [-0.2, 0) is 0 Å². The zero-order valence-corrected chi connectivity index (χ0v) is 15.4. The van der Waals surface area contributed by atoms with Crippen molar-refractivity contribution < 1.29 is 16.7 Å². The molecule has 5 heteroatoms. The molecule has 0 radical (unpaired) electrons. The van der Waals surface area contributed by atoms with Gasteiger partial charge in [-0.15, -0.1) is 0 Å². The minimum absolute atomic E-state index is 0.126. The molecule has 6 rings (SSSR count). The molecule has 4 aromatic rings. The topological polar surface area (TPSA) is 7.76 Å². The SMILES string of the molecule is F[Si-2]12(F)(c3ccccc3-c3cccc[n+]31)c1ccccc1-c1cccc[n+]12. The molecular weight excluding hydrogens is 358 g/mol. The van der Waals surface area contributed by atoms with E-state index in [-0.39, 0.29) is 10.4 Å². The van der Waals surface area contributed by atoms with E-state index in [1.165, 1.54) is 8.47 Å². The number of hydrogen-bond donors (Lipinski definition) is 0. The Hall–Kier alpha value is -3.18. The van der Waals surface area contributed by atoms with Gasteiger partial charge in [0, 0.05) is 0 Å². The van der Waals surface area contributed by atoms with Crippen LogP contribution in [0.3, 0.4) is 0 Å². The molecule has 0 fully saturated rings. The van der Waals surface area contributed by atoms with Gasteiger partial charge in [-0.3, -0.25) is 0 Å². The van der Waals surface area contributed by atoms with Crippen molar-refractivity contribution in [1.82, 2.24) is 0 Å². The van der Waals surface area contributed by atoms with E-state index in [0.717, 1.165) is 0 Å². The molecule has 2 aromatic carbocycles. The minimum atomic E-state index is -6.91. The average molecular weight is 374 g/mol. The first-order chi connectivity index (χ1) is 13.0. The fourth-order valence-corrected chi connectivity index (χ4v) is 11.6. The molecule has 2 aliphatic rings. The summed E-state index contributed by atoms with van der Waals surface area (Å²) in [5, 5.41) is 0.252. The molecule has 0 N–H and O–H groups in total. The second kappa shape index (κ2) is 4.04. The van der Waals surface area contributed by atoms with Crippen LogP contribution in [0.2, 0.25) is 0 Å². The molecule has 0 amide bonds. The quantitative estimate of drug-likeness (QED) is 0.330. The van der Waals surface area contributed by atoms with Crippen molar-refractivity contribution in [1.29, 1.82) is 0 Å². The number of nitrogens with zero attached hydrogens (tertiary/aromatic N) is 2. The number of rotatable bonds is 0. The van der Waals surface area contributed by atoms with Gasteiger partial charge in [-0.05, 0) is 0 Å². The van der Waals surface area contributed by atoms with E-state index >= 15 is 8.22 Å². The van der Waals surface area contributed by atoms with Crippen LogP contribution in [0.15, 0.2) is 97.3 Å². The van der Waals surface area contributed by atoms with Gasteiger partial charge in [0.25, 0.3) is 0 Å². The number of pyridine rings is 2. The van der Waals surface area contributed by atoms with Crippen molar-refractivity contribution in [2.45, 2.75) is 0 Å². The van der Waals surface area contributed by atoms with Gasteiger partial charge >= 0.3 is 155 Å². The fraction of sp³-hybridized carbons (Fsp3) is 0. The van der Waals surface area contributed by atoms with Crippen molar-refractivity contribution >= 4 is 18.0 Å². The Morgan fingerprint density at radius 2 is 0.926 bits per heavy atom. The van der Waals surface area contributed by atoms with Gasteiger partial charge in [0.1, 0.15) is 0 Å². The van der Waals surface area contributed by atoms with Crippen molar-refractivity contribution in [3.8, 4) is 22.5 Å². The van der Waals surface area contributed by atoms with E-state index in [2.05, 4.69) is 0 Å². The molecule has 0 atom stereocenters. The van der Waals surface area contributed by atoms with Crippen molar-refractivity contribution in [3.63, 3.8) is 0 Å². The summed E-state index contributed by atoms with van der Waals surface area (Å²) in [6.07, 6.45) is 3.09. The molecule has 0 aliphatic carbocycles. The van der Waals surface area contributed by atoms with Gasteiger partial charge < -0.3 is 0 Å². The summed E-state index contributed by atoms with van der Waals surface area (Å²) in [6, 6.07) is 24.5. The summed E-state index contributed by atoms with van der Waals surface area (Å²) in [7, 11) is -6.91. The van der Waals surface area contributed by atoms with Crippen LogP contribution in [0.25, 0.3) is 22.5 Å². The third-order valence-electron chi connectivity index (χ3n) is 6.35. The number of aromatic nitrogens is 2. The molecule has 0 unspecified atom stereocenters. The van der Waals surface area contributed by atoms with Crippen LogP contribution < -0.4 is 18.8 Å². The van der Waals surface area contributed by atoms with E-state index in [9.17, 15) is 0 Å². The third-order valence-corrected chi connectivity index (χ3v) is 12.4. The van der Waals surface area contributed by atoms with Crippen LogP contribution in [-0.4, -0.2) is 7.62 Å². The van der Waals surface area contributed by atoms with Gasteiger partial charge in [0.05, 0.1) is 0 Å². The van der Waals surface area contributed by atoms with Gasteiger partial charge in [-0.1, -0.05) is 0 Å². The van der Waals surface area contributed by atoms with Crippen LogP contribution in [0.4, 0.5) is 8.22 Å². The zero-order chi connectivity index (χ0) is 18.3. The molecule has 2 aliphatic heterocycles. The summed E-state index contributed by atoms with van der Waals surface area (Å²) < 4.78 is 39.2. The standard InChI is InChI=1S/C22H16F2N2Si/c23-27(24,21-13-3-1-9-17(21)19-11-5-7-15-25(19)27)22-14-4-2-10-18(22)20-12-6-8-16-26(20)27/h1-16H. The first-order valence-electron chi connectivity index (χ1n) is 9.02. The van der Waals surface area contributed by atoms with Crippen LogP contribution in [0.1, 0.15) is 0 Å². The van der Waals surface area contributed by atoms with E-state index in [1.54, 1.807) is 73.1 Å². The number of benzene rings is 2. The predicted octanol–water partition coefficient (Wildman–Crippen LogP) is 2.72. The van der Waals surface area contributed by atoms with Crippen LogP contribution >= 0.6 is 0 Å². The summed E-state index contributed by atoms with van der Waals surface area (Å²) in [4.78, 5) is 0. The predicted molar refractivity (Wildman–Crippen MR) is 102 cm³/mol. The van der Waals surface area contributed by atoms with Crippen molar-refractivity contribution in [2.75, 3.05) is 0 Å². The number of hydrogen-bond acceptors (Lipinski definition) is 0. The zero-order valence-electron chi connectivity index (χ0n) is 14.4. The Labute approximate surface area is 154 Å². The first kappa shape index (κ1) is 14.9. The maximum atomic E-state index is 18.3. The van der Waals surface area contributed by atoms with E-state index in [1.807, 2.05) is 24.3 Å². The fourth-order valence-electron chi connectivity index (χ4n) is 5.32. The molecule has 27 heavy (non-hydrogen) atoms. The molecule has 4 heterocycles. The van der Waals surface area contributed by atoms with E-state index in [4.69, 9.17) is 0 Å². The summed E-state index contributed by atoms with van der Waals surface area (Å²) >= 11 is 0. The van der Waals surface area contributed by atoms with E-state index < -0.39 is 7.62 Å². The Bertz CT molecular complexity index is 1110. The average Bonchev–Trinajstić information content (AvgIpc) is 3.06. The van der Waals surface area contributed by atoms with Gasteiger partial charge in [0.15, 0.2) is 0 Å². The summed E-state index contributed by atoms with van der Waals surface area (Å²) in [5.74, 6) is 0. The normalized spacial score (nSPS) is 21.0. The number of halogens is 2.